The van der Waals surface area contributed by atoms with Gasteiger partial charge in [-0.05, 0) is 39.4 Å². The third-order valence-corrected chi connectivity index (χ3v) is 2.42. The smallest absolute Gasteiger partial charge is 0.313 e. The molecule has 0 bridgehead atoms. The summed E-state index contributed by atoms with van der Waals surface area (Å²) in [6.07, 6.45) is 1.78. The number of unbranched alkanes of at least 4 members (excludes halogenated alkanes) is 1. The Morgan fingerprint density at radius 2 is 1.75 bits per heavy atom. The van der Waals surface area contributed by atoms with Crippen LogP contribution in [0.25, 0.3) is 0 Å². The molecule has 0 rings (SSSR count). The molecule has 0 fully saturated rings. The number of esters is 1. The minimum Gasteiger partial charge on any atom is -0.465 e. The number of carbonyl (C=O) groups is 2. The predicted octanol–water partition coefficient (Wildman–Crippen LogP) is 1.63. The first-order chi connectivity index (χ1) is 7.60. The molecular weight excluding hydrogens is 206 g/mol. The molecule has 0 heterocycles. The van der Waals surface area contributed by atoms with Gasteiger partial charge in [-0.25, -0.2) is 0 Å². The van der Waals surface area contributed by atoms with Crippen LogP contribution >= 0.6 is 0 Å². The lowest BCUT2D eigenvalue weighted by Crippen LogP contribution is -2.24. The van der Waals surface area contributed by atoms with Gasteiger partial charge in [0.1, 0.15) is 12.2 Å². The van der Waals surface area contributed by atoms with Crippen LogP contribution in [0.1, 0.15) is 40.0 Å². The van der Waals surface area contributed by atoms with Gasteiger partial charge in [0.05, 0.1) is 6.61 Å². The highest BCUT2D eigenvalue weighted by molar-refractivity contribution is 5.94. The van der Waals surface area contributed by atoms with Crippen LogP contribution < -0.4 is 0 Å². The van der Waals surface area contributed by atoms with Crippen LogP contribution in [0.2, 0.25) is 0 Å². The number of ketones is 1. The van der Waals surface area contributed by atoms with E-state index < -0.39 is 5.97 Å². The van der Waals surface area contributed by atoms with Gasteiger partial charge in [0.25, 0.3) is 0 Å². The Kier molecular flexibility index (Phi) is 8.81. The molecule has 0 amide bonds. The van der Waals surface area contributed by atoms with Gasteiger partial charge in [0.2, 0.25) is 0 Å². The van der Waals surface area contributed by atoms with Crippen molar-refractivity contribution in [3.05, 3.63) is 0 Å². The van der Waals surface area contributed by atoms with Gasteiger partial charge in [-0.1, -0.05) is 13.8 Å². The average Bonchev–Trinajstić information content (AvgIpc) is 2.22. The Morgan fingerprint density at radius 3 is 2.25 bits per heavy atom. The molecule has 0 aliphatic rings. The van der Waals surface area contributed by atoms with E-state index in [-0.39, 0.29) is 12.2 Å². The highest BCUT2D eigenvalue weighted by Crippen LogP contribution is 1.97. The zero-order valence-corrected chi connectivity index (χ0v) is 10.6. The van der Waals surface area contributed by atoms with Gasteiger partial charge in [-0.15, -0.1) is 0 Å². The Bertz CT molecular complexity index is 212. The van der Waals surface area contributed by atoms with Crippen molar-refractivity contribution in [1.82, 2.24) is 4.90 Å². The Balaban J connectivity index is 3.39. The predicted molar refractivity (Wildman–Crippen MR) is 63.3 cm³/mol. The first-order valence-corrected chi connectivity index (χ1v) is 5.97. The zero-order chi connectivity index (χ0) is 12.4. The van der Waals surface area contributed by atoms with E-state index in [1.165, 1.54) is 6.92 Å². The molecule has 4 heteroatoms. The van der Waals surface area contributed by atoms with Crippen molar-refractivity contribution >= 4 is 11.8 Å². The summed E-state index contributed by atoms with van der Waals surface area (Å²) >= 11 is 0. The van der Waals surface area contributed by atoms with Gasteiger partial charge >= 0.3 is 5.97 Å². The van der Waals surface area contributed by atoms with Gasteiger partial charge < -0.3 is 9.64 Å². The van der Waals surface area contributed by atoms with Gasteiger partial charge in [0.15, 0.2) is 0 Å². The molecular formula is C12H23NO3. The van der Waals surface area contributed by atoms with Crippen LogP contribution in [0.5, 0.6) is 0 Å². The van der Waals surface area contributed by atoms with Crippen LogP contribution in [-0.4, -0.2) is 42.9 Å². The van der Waals surface area contributed by atoms with E-state index in [1.807, 2.05) is 0 Å². The van der Waals surface area contributed by atoms with Crippen molar-refractivity contribution in [3.8, 4) is 0 Å². The molecule has 0 aromatic carbocycles. The van der Waals surface area contributed by atoms with Gasteiger partial charge in [-0.2, -0.15) is 0 Å². The van der Waals surface area contributed by atoms with Crippen molar-refractivity contribution in [2.24, 2.45) is 0 Å². The van der Waals surface area contributed by atoms with Crippen LogP contribution in [0.4, 0.5) is 0 Å². The standard InChI is InChI=1S/C12H23NO3/c1-4-13(5-2)8-6-7-9-16-12(15)10-11(3)14/h4-10H2,1-3H3. The van der Waals surface area contributed by atoms with Gasteiger partial charge in [0, 0.05) is 0 Å². The van der Waals surface area contributed by atoms with Crippen molar-refractivity contribution in [2.45, 2.75) is 40.0 Å². The third-order valence-electron chi connectivity index (χ3n) is 2.42. The molecule has 0 unspecified atom stereocenters. The van der Waals surface area contributed by atoms with Crippen molar-refractivity contribution < 1.29 is 14.3 Å². The zero-order valence-electron chi connectivity index (χ0n) is 10.6. The summed E-state index contributed by atoms with van der Waals surface area (Å²) in [5.41, 5.74) is 0. The molecule has 0 aromatic rings. The summed E-state index contributed by atoms with van der Waals surface area (Å²) in [5.74, 6) is -0.552. The summed E-state index contributed by atoms with van der Waals surface area (Å²) in [5, 5.41) is 0. The number of hydrogen-bond donors (Lipinski definition) is 0. The molecule has 0 saturated carbocycles. The fourth-order valence-corrected chi connectivity index (χ4v) is 1.42. The first-order valence-electron chi connectivity index (χ1n) is 5.97. The van der Waals surface area contributed by atoms with Crippen molar-refractivity contribution in [1.29, 1.82) is 0 Å². The molecule has 0 atom stereocenters. The SMILES string of the molecule is CCN(CC)CCCCOC(=O)CC(C)=O. The third kappa shape index (κ3) is 8.41. The molecule has 4 nitrogen and oxygen atoms in total. The Labute approximate surface area is 98.0 Å². The minimum atomic E-state index is -0.407. The number of Topliss-reactive ketones (excluding diaryl/α,β-unsaturated/α-hetero) is 1. The number of hydrogen-bond acceptors (Lipinski definition) is 4. The fourth-order valence-electron chi connectivity index (χ4n) is 1.42. The maximum Gasteiger partial charge on any atom is 0.313 e. The molecule has 94 valence electrons. The second-order valence-electron chi connectivity index (χ2n) is 3.83. The van der Waals surface area contributed by atoms with E-state index in [4.69, 9.17) is 4.74 Å². The quantitative estimate of drug-likeness (QED) is 0.342. The number of carbonyl (C=O) groups excluding carboxylic acids is 2. The number of rotatable bonds is 9. The van der Waals surface area contributed by atoms with E-state index >= 15 is 0 Å². The molecule has 0 radical (unpaired) electrons. The molecule has 0 aliphatic carbocycles. The normalized spacial score (nSPS) is 10.5. The summed E-state index contributed by atoms with van der Waals surface area (Å²) in [6, 6.07) is 0. The summed E-state index contributed by atoms with van der Waals surface area (Å²) in [6.45, 7) is 9.24. The van der Waals surface area contributed by atoms with E-state index in [2.05, 4.69) is 18.7 Å². The summed E-state index contributed by atoms with van der Waals surface area (Å²) < 4.78 is 4.92. The maximum atomic E-state index is 11.0. The lowest BCUT2D eigenvalue weighted by molar-refractivity contribution is -0.145. The van der Waals surface area contributed by atoms with E-state index in [0.717, 1.165) is 32.5 Å². The second kappa shape index (κ2) is 9.33. The molecule has 0 saturated heterocycles. The van der Waals surface area contributed by atoms with E-state index in [1.54, 1.807) is 0 Å². The molecule has 16 heavy (non-hydrogen) atoms. The van der Waals surface area contributed by atoms with Crippen LogP contribution in [0.3, 0.4) is 0 Å². The molecule has 0 N–H and O–H groups in total. The lowest BCUT2D eigenvalue weighted by atomic mass is 10.3. The minimum absolute atomic E-state index is 0.101. The monoisotopic (exact) mass is 229 g/mol. The maximum absolute atomic E-state index is 11.0. The summed E-state index contributed by atoms with van der Waals surface area (Å²) in [7, 11) is 0. The summed E-state index contributed by atoms with van der Waals surface area (Å²) in [4.78, 5) is 23.9. The largest absolute Gasteiger partial charge is 0.465 e. The number of ether oxygens (including phenoxy) is 1. The second-order valence-corrected chi connectivity index (χ2v) is 3.83. The van der Waals surface area contributed by atoms with Crippen molar-refractivity contribution in [2.75, 3.05) is 26.2 Å². The highest BCUT2D eigenvalue weighted by Gasteiger charge is 2.05. The molecule has 0 spiro atoms. The topological polar surface area (TPSA) is 46.6 Å². The fraction of sp³-hybridized carbons (Fsp3) is 0.833. The van der Waals surface area contributed by atoms with Crippen molar-refractivity contribution in [3.63, 3.8) is 0 Å². The van der Waals surface area contributed by atoms with Crippen LogP contribution in [0, 0.1) is 0 Å². The Morgan fingerprint density at radius 1 is 1.12 bits per heavy atom. The molecule has 0 aromatic heterocycles. The lowest BCUT2D eigenvalue weighted by Gasteiger charge is -2.17. The first kappa shape index (κ1) is 15.1. The highest BCUT2D eigenvalue weighted by atomic mass is 16.5. The van der Waals surface area contributed by atoms with E-state index in [0.29, 0.717) is 6.61 Å². The van der Waals surface area contributed by atoms with Gasteiger partial charge in [-0.3, -0.25) is 9.59 Å². The van der Waals surface area contributed by atoms with Crippen LogP contribution in [-0.2, 0) is 14.3 Å². The average molecular weight is 229 g/mol. The van der Waals surface area contributed by atoms with Crippen LogP contribution in [0.15, 0.2) is 0 Å². The van der Waals surface area contributed by atoms with E-state index in [9.17, 15) is 9.59 Å². The number of nitrogens with zero attached hydrogens (tertiary/aromatic N) is 1. The Hall–Kier alpha value is -0.900. The molecule has 0 aliphatic heterocycles.